The summed E-state index contributed by atoms with van der Waals surface area (Å²) in [6, 6.07) is 5.31. The third-order valence-electron chi connectivity index (χ3n) is 1.74. The summed E-state index contributed by atoms with van der Waals surface area (Å²) < 4.78 is 6.71. The third kappa shape index (κ3) is 1.56. The molecule has 14 heavy (non-hydrogen) atoms. The van der Waals surface area contributed by atoms with Gasteiger partial charge in [-0.3, -0.25) is 0 Å². The lowest BCUT2D eigenvalue weighted by atomic mass is 10.4. The zero-order valence-electron chi connectivity index (χ0n) is 7.51. The Kier molecular flexibility index (Phi) is 2.37. The van der Waals surface area contributed by atoms with Gasteiger partial charge in [-0.25, -0.2) is 9.67 Å². The van der Waals surface area contributed by atoms with Gasteiger partial charge >= 0.3 is 0 Å². The van der Waals surface area contributed by atoms with Gasteiger partial charge in [0.1, 0.15) is 0 Å². The number of rotatable bonds is 2. The molecule has 0 aliphatic heterocycles. The van der Waals surface area contributed by atoms with E-state index in [1.807, 2.05) is 6.07 Å². The molecule has 0 saturated carbocycles. The number of hydrogen-bond donors (Lipinski definition) is 0. The van der Waals surface area contributed by atoms with E-state index >= 15 is 0 Å². The van der Waals surface area contributed by atoms with Crippen LogP contribution in [0.1, 0.15) is 0 Å². The molecule has 0 atom stereocenters. The quantitative estimate of drug-likeness (QED) is 0.759. The van der Waals surface area contributed by atoms with E-state index < -0.39 is 0 Å². The van der Waals surface area contributed by atoms with E-state index in [1.54, 1.807) is 36.3 Å². The van der Waals surface area contributed by atoms with Crippen LogP contribution in [0.15, 0.2) is 30.6 Å². The van der Waals surface area contributed by atoms with Crippen molar-refractivity contribution in [3.63, 3.8) is 0 Å². The molecule has 0 aliphatic rings. The van der Waals surface area contributed by atoms with Crippen molar-refractivity contribution in [2.45, 2.75) is 0 Å². The van der Waals surface area contributed by atoms with Gasteiger partial charge in [0.05, 0.1) is 7.11 Å². The highest BCUT2D eigenvalue weighted by atomic mass is 35.5. The maximum absolute atomic E-state index is 5.71. The van der Waals surface area contributed by atoms with E-state index in [0.29, 0.717) is 16.7 Å². The van der Waals surface area contributed by atoms with Crippen LogP contribution in [0, 0.1) is 0 Å². The van der Waals surface area contributed by atoms with Gasteiger partial charge in [0, 0.05) is 12.4 Å². The summed E-state index contributed by atoms with van der Waals surface area (Å²) in [5.74, 6) is 1.29. The minimum Gasteiger partial charge on any atom is -0.493 e. The molecule has 2 rings (SSSR count). The number of halogens is 1. The molecule has 0 aromatic carbocycles. The molecule has 2 aromatic heterocycles. The van der Waals surface area contributed by atoms with Crippen LogP contribution in [0.25, 0.3) is 5.82 Å². The van der Waals surface area contributed by atoms with Crippen LogP contribution in [0.4, 0.5) is 0 Å². The first-order chi connectivity index (χ1) is 6.81. The van der Waals surface area contributed by atoms with Crippen LogP contribution in [0.5, 0.6) is 5.75 Å². The van der Waals surface area contributed by atoms with Crippen LogP contribution >= 0.6 is 11.6 Å². The predicted octanol–water partition coefficient (Wildman–Crippen LogP) is 1.93. The van der Waals surface area contributed by atoms with Crippen molar-refractivity contribution in [3.05, 3.63) is 35.7 Å². The Balaban J connectivity index is 2.50. The normalized spacial score (nSPS) is 10.1. The summed E-state index contributed by atoms with van der Waals surface area (Å²) in [4.78, 5) is 4.15. The van der Waals surface area contributed by atoms with Crippen LogP contribution < -0.4 is 4.74 Å². The SMILES string of the molecule is COc1cccnc1-n1ccc(Cl)n1. The molecule has 72 valence electrons. The minimum absolute atomic E-state index is 0.428. The van der Waals surface area contributed by atoms with E-state index in [0.717, 1.165) is 0 Å². The summed E-state index contributed by atoms with van der Waals surface area (Å²) in [7, 11) is 1.59. The maximum atomic E-state index is 5.71. The van der Waals surface area contributed by atoms with Crippen molar-refractivity contribution in [3.8, 4) is 11.6 Å². The Hall–Kier alpha value is -1.55. The van der Waals surface area contributed by atoms with E-state index in [4.69, 9.17) is 16.3 Å². The van der Waals surface area contributed by atoms with Gasteiger partial charge in [0.25, 0.3) is 0 Å². The summed E-state index contributed by atoms with van der Waals surface area (Å²) in [5, 5.41) is 4.46. The van der Waals surface area contributed by atoms with Crippen LogP contribution in [0.2, 0.25) is 5.15 Å². The van der Waals surface area contributed by atoms with Gasteiger partial charge < -0.3 is 4.74 Å². The van der Waals surface area contributed by atoms with E-state index in [1.165, 1.54) is 0 Å². The number of ether oxygens (including phenoxy) is 1. The fraction of sp³-hybridized carbons (Fsp3) is 0.111. The first-order valence-corrected chi connectivity index (χ1v) is 4.39. The standard InChI is InChI=1S/C9H8ClN3O/c1-14-7-3-2-5-11-9(7)13-6-4-8(10)12-13/h2-6H,1H3. The van der Waals surface area contributed by atoms with Gasteiger partial charge in [-0.15, -0.1) is 0 Å². The molecule has 0 bridgehead atoms. The van der Waals surface area contributed by atoms with Crippen LogP contribution in [-0.4, -0.2) is 21.9 Å². The van der Waals surface area contributed by atoms with Crippen molar-refractivity contribution < 1.29 is 4.74 Å². The van der Waals surface area contributed by atoms with Gasteiger partial charge in [0.2, 0.25) is 0 Å². The topological polar surface area (TPSA) is 39.9 Å². The molecule has 0 saturated heterocycles. The Morgan fingerprint density at radius 3 is 2.93 bits per heavy atom. The zero-order chi connectivity index (χ0) is 9.97. The molecule has 0 unspecified atom stereocenters. The summed E-state index contributed by atoms with van der Waals surface area (Å²) >= 11 is 5.71. The lowest BCUT2D eigenvalue weighted by molar-refractivity contribution is 0.409. The lowest BCUT2D eigenvalue weighted by Crippen LogP contribution is -2.00. The number of aromatic nitrogens is 3. The Morgan fingerprint density at radius 1 is 1.43 bits per heavy atom. The van der Waals surface area contributed by atoms with Crippen LogP contribution in [0.3, 0.4) is 0 Å². The molecule has 2 aromatic rings. The molecule has 0 spiro atoms. The highest BCUT2D eigenvalue weighted by Gasteiger charge is 2.06. The fourth-order valence-corrected chi connectivity index (χ4v) is 1.27. The largest absolute Gasteiger partial charge is 0.493 e. The summed E-state index contributed by atoms with van der Waals surface area (Å²) in [5.41, 5.74) is 0. The number of nitrogens with zero attached hydrogens (tertiary/aromatic N) is 3. The molecular weight excluding hydrogens is 202 g/mol. The van der Waals surface area contributed by atoms with Crippen molar-refractivity contribution in [2.24, 2.45) is 0 Å². The molecule has 2 heterocycles. The summed E-state index contributed by atoms with van der Waals surface area (Å²) in [6.45, 7) is 0. The highest BCUT2D eigenvalue weighted by molar-refractivity contribution is 6.29. The van der Waals surface area contributed by atoms with E-state index in [-0.39, 0.29) is 0 Å². The van der Waals surface area contributed by atoms with E-state index in [9.17, 15) is 0 Å². The Morgan fingerprint density at radius 2 is 2.29 bits per heavy atom. The van der Waals surface area contributed by atoms with Gasteiger partial charge in [-0.2, -0.15) is 5.10 Å². The van der Waals surface area contributed by atoms with Gasteiger partial charge in [-0.05, 0) is 18.2 Å². The third-order valence-corrected chi connectivity index (χ3v) is 1.95. The van der Waals surface area contributed by atoms with Crippen molar-refractivity contribution in [2.75, 3.05) is 7.11 Å². The smallest absolute Gasteiger partial charge is 0.196 e. The molecule has 0 fully saturated rings. The fourth-order valence-electron chi connectivity index (χ4n) is 1.13. The van der Waals surface area contributed by atoms with Crippen molar-refractivity contribution >= 4 is 11.6 Å². The second-order valence-corrected chi connectivity index (χ2v) is 3.00. The highest BCUT2D eigenvalue weighted by Crippen LogP contribution is 2.19. The van der Waals surface area contributed by atoms with Crippen molar-refractivity contribution in [1.29, 1.82) is 0 Å². The predicted molar refractivity (Wildman–Crippen MR) is 52.9 cm³/mol. The molecule has 0 radical (unpaired) electrons. The van der Waals surface area contributed by atoms with Crippen LogP contribution in [-0.2, 0) is 0 Å². The molecule has 5 heteroatoms. The first kappa shape index (κ1) is 9.02. The Labute approximate surface area is 86.1 Å². The second kappa shape index (κ2) is 3.67. The van der Waals surface area contributed by atoms with Gasteiger partial charge in [0.15, 0.2) is 16.7 Å². The molecular formula is C9H8ClN3O. The average molecular weight is 210 g/mol. The number of hydrogen-bond acceptors (Lipinski definition) is 3. The van der Waals surface area contributed by atoms with Crippen molar-refractivity contribution in [1.82, 2.24) is 14.8 Å². The second-order valence-electron chi connectivity index (χ2n) is 2.61. The number of pyridine rings is 1. The molecule has 0 N–H and O–H groups in total. The average Bonchev–Trinajstić information content (AvgIpc) is 2.65. The van der Waals surface area contributed by atoms with E-state index in [2.05, 4.69) is 10.1 Å². The van der Waals surface area contributed by atoms with Gasteiger partial charge in [-0.1, -0.05) is 11.6 Å². The minimum atomic E-state index is 0.428. The molecule has 4 nitrogen and oxygen atoms in total. The monoisotopic (exact) mass is 209 g/mol. The molecule has 0 amide bonds. The first-order valence-electron chi connectivity index (χ1n) is 4.02. The summed E-state index contributed by atoms with van der Waals surface area (Å²) in [6.07, 6.45) is 3.40. The Bertz CT molecular complexity index is 441. The maximum Gasteiger partial charge on any atom is 0.196 e. The molecule has 0 aliphatic carbocycles. The lowest BCUT2D eigenvalue weighted by Gasteiger charge is -2.05. The zero-order valence-corrected chi connectivity index (χ0v) is 8.27. The number of methoxy groups -OCH3 is 1.